The Bertz CT molecular complexity index is 1430. The van der Waals surface area contributed by atoms with Crippen molar-refractivity contribution in [1.82, 2.24) is 0 Å². The topological polar surface area (TPSA) is 6.48 Å². The third-order valence-corrected chi connectivity index (χ3v) is 14.2. The summed E-state index contributed by atoms with van der Waals surface area (Å²) in [4.78, 5) is 5.81. The van der Waals surface area contributed by atoms with Gasteiger partial charge in [-0.3, -0.25) is 0 Å². The molecule has 3 aliphatic carbocycles. The van der Waals surface area contributed by atoms with Gasteiger partial charge in [-0.05, 0) is 143 Å². The van der Waals surface area contributed by atoms with E-state index >= 15 is 0 Å². The van der Waals surface area contributed by atoms with E-state index in [1.165, 1.54) is 119 Å². The Kier molecular flexibility index (Phi) is 18.0. The van der Waals surface area contributed by atoms with Crippen molar-refractivity contribution in [3.8, 4) is 0 Å². The lowest BCUT2D eigenvalue weighted by molar-refractivity contribution is -0.171. The van der Waals surface area contributed by atoms with Crippen LogP contribution in [0, 0.1) is 29.6 Å². The van der Waals surface area contributed by atoms with Crippen molar-refractivity contribution in [3.05, 3.63) is 85.0 Å². The van der Waals surface area contributed by atoms with E-state index in [9.17, 15) is 13.2 Å². The van der Waals surface area contributed by atoms with E-state index in [4.69, 9.17) is 0 Å². The molecule has 2 aromatic carbocycles. The smallest absolute Gasteiger partial charge is 0.366 e. The molecule has 0 amide bonds. The molecule has 0 heterocycles. The summed E-state index contributed by atoms with van der Waals surface area (Å²) in [5.41, 5.74) is 5.46. The standard InChI is InChI=1S/C52H79F3N2/c1-7-11-15-22-40(6)56(46-31-25-41(19-9-3)26-32-46)47-35-29-43-37-49(43)51(50-38-44(50)30-36-47)57(48-33-27-42(20-10-4)28-34-48)45(23-16-12-8-2)24-18-14-13-17-21-39(5)52(53,54)55/h9-10,25-28,31-34,39-40,43-45,47,49-51H,3-4,7-8,11-24,29-30,35-38H2,1-2,5-6H3. The normalized spacial score (nSPS) is 24.7. The maximum atomic E-state index is 13.2. The highest BCUT2D eigenvalue weighted by Crippen LogP contribution is 2.59. The van der Waals surface area contributed by atoms with Gasteiger partial charge >= 0.3 is 6.18 Å². The fourth-order valence-corrected chi connectivity index (χ4v) is 10.6. The largest absolute Gasteiger partial charge is 0.391 e. The van der Waals surface area contributed by atoms with Gasteiger partial charge in [0.15, 0.2) is 0 Å². The average molecular weight is 789 g/mol. The van der Waals surface area contributed by atoms with Crippen LogP contribution in [0.25, 0.3) is 0 Å². The Labute approximate surface area is 347 Å². The molecule has 0 bridgehead atoms. The quantitative estimate of drug-likeness (QED) is 0.0730. The Balaban J connectivity index is 1.36. The molecule has 2 aromatic rings. The molecule has 3 saturated carbocycles. The van der Waals surface area contributed by atoms with E-state index < -0.39 is 12.1 Å². The zero-order valence-electron chi connectivity index (χ0n) is 36.5. The molecule has 318 valence electrons. The van der Waals surface area contributed by atoms with Crippen molar-refractivity contribution in [3.63, 3.8) is 0 Å². The van der Waals surface area contributed by atoms with Crippen molar-refractivity contribution >= 4 is 11.4 Å². The van der Waals surface area contributed by atoms with E-state index in [0.717, 1.165) is 62.2 Å². The summed E-state index contributed by atoms with van der Waals surface area (Å²) in [6, 6.07) is 21.1. The molecule has 0 N–H and O–H groups in total. The highest BCUT2D eigenvalue weighted by Gasteiger charge is 2.56. The van der Waals surface area contributed by atoms with Crippen LogP contribution in [-0.2, 0) is 12.8 Å². The summed E-state index contributed by atoms with van der Waals surface area (Å²) < 4.78 is 39.5. The summed E-state index contributed by atoms with van der Waals surface area (Å²) >= 11 is 0. The summed E-state index contributed by atoms with van der Waals surface area (Å²) in [6.45, 7) is 16.4. The van der Waals surface area contributed by atoms with Crippen LogP contribution in [0.2, 0.25) is 0 Å². The summed E-state index contributed by atoms with van der Waals surface area (Å²) in [5, 5.41) is 0. The van der Waals surface area contributed by atoms with Gasteiger partial charge in [0.2, 0.25) is 0 Å². The van der Waals surface area contributed by atoms with Crippen molar-refractivity contribution in [1.29, 1.82) is 0 Å². The number of allylic oxidation sites excluding steroid dienone is 2. The first-order valence-corrected chi connectivity index (χ1v) is 23.6. The minimum Gasteiger partial charge on any atom is -0.366 e. The van der Waals surface area contributed by atoms with Gasteiger partial charge in [0, 0.05) is 35.5 Å². The van der Waals surface area contributed by atoms with Crippen molar-refractivity contribution in [2.45, 2.75) is 199 Å². The van der Waals surface area contributed by atoms with Gasteiger partial charge in [0.05, 0.1) is 5.92 Å². The van der Waals surface area contributed by atoms with E-state index in [-0.39, 0.29) is 6.42 Å². The first-order chi connectivity index (χ1) is 27.6. The molecule has 0 aliphatic heterocycles. The SMILES string of the molecule is C=CCc1ccc(N(C(C)CCCCC)C2CCC3CC3C(N(c3ccc(CC=C)cc3)C(CCCCC)CCCCCCC(C)C(F)(F)F)C3CC3CC2)cc1. The van der Waals surface area contributed by atoms with Gasteiger partial charge in [-0.2, -0.15) is 13.2 Å². The van der Waals surface area contributed by atoms with Gasteiger partial charge in [-0.15, -0.1) is 13.2 Å². The van der Waals surface area contributed by atoms with Gasteiger partial charge in [-0.25, -0.2) is 0 Å². The number of hydrogen-bond donors (Lipinski definition) is 0. The first kappa shape index (κ1) is 45.4. The Morgan fingerprint density at radius 1 is 0.614 bits per heavy atom. The van der Waals surface area contributed by atoms with Crippen LogP contribution in [0.3, 0.4) is 0 Å². The predicted octanol–water partition coefficient (Wildman–Crippen LogP) is 15.5. The fourth-order valence-electron chi connectivity index (χ4n) is 10.6. The number of rotatable bonds is 25. The van der Waals surface area contributed by atoms with Gasteiger partial charge in [-0.1, -0.05) is 121 Å². The minimum atomic E-state index is -4.08. The van der Waals surface area contributed by atoms with Crippen LogP contribution < -0.4 is 9.80 Å². The molecule has 0 saturated heterocycles. The molecule has 7 atom stereocenters. The third kappa shape index (κ3) is 13.4. The Morgan fingerprint density at radius 2 is 1.07 bits per heavy atom. The molecule has 5 heteroatoms. The van der Waals surface area contributed by atoms with E-state index in [2.05, 4.69) is 92.3 Å². The summed E-state index contributed by atoms with van der Waals surface area (Å²) in [5.74, 6) is 1.87. The highest BCUT2D eigenvalue weighted by atomic mass is 19.4. The molecule has 0 radical (unpaired) electrons. The van der Waals surface area contributed by atoms with Gasteiger partial charge < -0.3 is 9.80 Å². The lowest BCUT2D eigenvalue weighted by Crippen LogP contribution is -2.47. The number of benzene rings is 2. The number of fused-ring (bicyclic) bond motifs is 2. The van der Waals surface area contributed by atoms with Gasteiger partial charge in [0.1, 0.15) is 0 Å². The van der Waals surface area contributed by atoms with Crippen molar-refractivity contribution < 1.29 is 13.2 Å². The molecule has 5 rings (SSSR count). The highest BCUT2D eigenvalue weighted by molar-refractivity contribution is 5.52. The lowest BCUT2D eigenvalue weighted by Gasteiger charge is -2.43. The number of hydrogen-bond acceptors (Lipinski definition) is 2. The summed E-state index contributed by atoms with van der Waals surface area (Å²) in [7, 11) is 0. The number of alkyl halides is 3. The molecule has 0 spiro atoms. The number of unbranched alkanes of at least 4 members (excludes halogenated alkanes) is 7. The van der Waals surface area contributed by atoms with Crippen LogP contribution in [0.1, 0.15) is 167 Å². The van der Waals surface area contributed by atoms with Crippen LogP contribution in [0.15, 0.2) is 73.8 Å². The van der Waals surface area contributed by atoms with Crippen molar-refractivity contribution in [2.75, 3.05) is 9.80 Å². The number of nitrogens with zero attached hydrogens (tertiary/aromatic N) is 2. The number of anilines is 2. The molecule has 0 aromatic heterocycles. The van der Waals surface area contributed by atoms with Crippen molar-refractivity contribution in [2.24, 2.45) is 29.6 Å². The monoisotopic (exact) mass is 789 g/mol. The van der Waals surface area contributed by atoms with Gasteiger partial charge in [0.25, 0.3) is 0 Å². The van der Waals surface area contributed by atoms with Crippen LogP contribution in [0.4, 0.5) is 24.5 Å². The number of halogens is 3. The average Bonchev–Trinajstić information content (AvgIpc) is 4.13. The van der Waals surface area contributed by atoms with Crippen LogP contribution in [0.5, 0.6) is 0 Å². The fraction of sp³-hybridized carbons (Fsp3) is 0.692. The molecular weight excluding hydrogens is 710 g/mol. The maximum Gasteiger partial charge on any atom is 0.391 e. The summed E-state index contributed by atoms with van der Waals surface area (Å²) in [6.07, 6.45) is 24.8. The van der Waals surface area contributed by atoms with E-state index in [1.54, 1.807) is 0 Å². The van der Waals surface area contributed by atoms with E-state index in [1.807, 2.05) is 12.2 Å². The molecular formula is C52H79F3N2. The molecule has 2 nitrogen and oxygen atoms in total. The lowest BCUT2D eigenvalue weighted by atomic mass is 9.89. The third-order valence-electron chi connectivity index (χ3n) is 14.2. The first-order valence-electron chi connectivity index (χ1n) is 23.6. The Hall–Kier alpha value is -2.69. The molecule has 57 heavy (non-hydrogen) atoms. The Morgan fingerprint density at radius 3 is 1.54 bits per heavy atom. The zero-order chi connectivity index (χ0) is 40.8. The van der Waals surface area contributed by atoms with Crippen LogP contribution >= 0.6 is 0 Å². The van der Waals surface area contributed by atoms with Crippen LogP contribution in [-0.4, -0.2) is 30.3 Å². The molecule has 3 aliphatic rings. The predicted molar refractivity (Wildman–Crippen MR) is 239 cm³/mol. The second-order valence-corrected chi connectivity index (χ2v) is 18.7. The molecule has 7 unspecified atom stereocenters. The minimum absolute atomic E-state index is 0.249. The molecule has 3 fully saturated rings. The second kappa shape index (κ2) is 22.6. The zero-order valence-corrected chi connectivity index (χ0v) is 36.5. The maximum absolute atomic E-state index is 13.2. The second-order valence-electron chi connectivity index (χ2n) is 18.7. The van der Waals surface area contributed by atoms with E-state index in [0.29, 0.717) is 30.6 Å².